The number of anilines is 1. The van der Waals surface area contributed by atoms with Crippen LogP contribution in [0.4, 0.5) is 10.1 Å². The van der Waals surface area contributed by atoms with E-state index in [-0.39, 0.29) is 10.8 Å². The highest BCUT2D eigenvalue weighted by Gasteiger charge is 2.00. The third-order valence-electron chi connectivity index (χ3n) is 2.21. The minimum absolute atomic E-state index is 0.170. The van der Waals surface area contributed by atoms with Crippen LogP contribution in [0.15, 0.2) is 18.2 Å². The summed E-state index contributed by atoms with van der Waals surface area (Å²) < 4.78 is 12.8. The molecule has 0 aliphatic rings. The molecule has 1 aromatic rings. The Morgan fingerprint density at radius 3 is 2.73 bits per heavy atom. The number of halogens is 2. The van der Waals surface area contributed by atoms with Gasteiger partial charge in [-0.25, -0.2) is 4.39 Å². The van der Waals surface area contributed by atoms with Gasteiger partial charge in [0.05, 0.1) is 5.02 Å². The summed E-state index contributed by atoms with van der Waals surface area (Å²) in [5.41, 5.74) is 0.880. The van der Waals surface area contributed by atoms with Crippen LogP contribution >= 0.6 is 11.6 Å². The second kappa shape index (κ2) is 5.96. The van der Waals surface area contributed by atoms with Gasteiger partial charge in [0.1, 0.15) is 5.82 Å². The predicted octanol–water partition coefficient (Wildman–Crippen LogP) is 4.33. The molecule has 1 aromatic carbocycles. The number of benzene rings is 1. The molecule has 0 atom stereocenters. The van der Waals surface area contributed by atoms with E-state index in [1.807, 2.05) is 0 Å². The quantitative estimate of drug-likeness (QED) is 0.742. The smallest absolute Gasteiger partial charge is 0.141 e. The zero-order chi connectivity index (χ0) is 11.3. The number of nitrogens with one attached hydrogen (secondary N) is 1. The molecule has 0 fully saturated rings. The van der Waals surface area contributed by atoms with Crippen LogP contribution in [0, 0.1) is 11.7 Å². The predicted molar refractivity (Wildman–Crippen MR) is 64.0 cm³/mol. The molecule has 0 aliphatic carbocycles. The van der Waals surface area contributed by atoms with Crippen molar-refractivity contribution in [3.05, 3.63) is 29.0 Å². The summed E-state index contributed by atoms with van der Waals surface area (Å²) in [6, 6.07) is 4.70. The Labute approximate surface area is 95.6 Å². The van der Waals surface area contributed by atoms with Crippen molar-refractivity contribution in [3.8, 4) is 0 Å². The van der Waals surface area contributed by atoms with Crippen molar-refractivity contribution in [2.75, 3.05) is 11.9 Å². The van der Waals surface area contributed by atoms with Crippen LogP contribution in [-0.2, 0) is 0 Å². The largest absolute Gasteiger partial charge is 0.385 e. The Kier molecular flexibility index (Phi) is 4.89. The Balaban J connectivity index is 2.35. The van der Waals surface area contributed by atoms with Crippen molar-refractivity contribution < 1.29 is 4.39 Å². The lowest BCUT2D eigenvalue weighted by Crippen LogP contribution is -2.03. The molecule has 1 rings (SSSR count). The number of hydrogen-bond acceptors (Lipinski definition) is 1. The summed E-state index contributed by atoms with van der Waals surface area (Å²) in [6.45, 7) is 5.31. The lowest BCUT2D eigenvalue weighted by Gasteiger charge is -2.08. The van der Waals surface area contributed by atoms with Gasteiger partial charge in [-0.1, -0.05) is 25.4 Å². The number of rotatable bonds is 5. The summed E-state index contributed by atoms with van der Waals surface area (Å²) >= 11 is 5.66. The zero-order valence-corrected chi connectivity index (χ0v) is 9.94. The summed E-state index contributed by atoms with van der Waals surface area (Å²) in [6.07, 6.45) is 2.31. The minimum Gasteiger partial charge on any atom is -0.385 e. The van der Waals surface area contributed by atoms with Gasteiger partial charge >= 0.3 is 0 Å². The first-order valence-electron chi connectivity index (χ1n) is 5.28. The topological polar surface area (TPSA) is 12.0 Å². The van der Waals surface area contributed by atoms with Crippen LogP contribution in [0.25, 0.3) is 0 Å². The Morgan fingerprint density at radius 2 is 2.13 bits per heavy atom. The molecule has 0 radical (unpaired) electrons. The fraction of sp³-hybridized carbons (Fsp3) is 0.500. The van der Waals surface area contributed by atoms with E-state index in [0.29, 0.717) is 0 Å². The van der Waals surface area contributed by atoms with Gasteiger partial charge in [0.15, 0.2) is 0 Å². The Hall–Kier alpha value is -0.760. The van der Waals surface area contributed by atoms with E-state index in [0.717, 1.165) is 24.6 Å². The maximum Gasteiger partial charge on any atom is 0.141 e. The third kappa shape index (κ3) is 4.52. The Morgan fingerprint density at radius 1 is 1.40 bits per heavy atom. The van der Waals surface area contributed by atoms with E-state index in [1.54, 1.807) is 12.1 Å². The molecule has 0 bridgehead atoms. The van der Waals surface area contributed by atoms with Gasteiger partial charge in [0, 0.05) is 12.2 Å². The fourth-order valence-electron chi connectivity index (χ4n) is 1.35. The molecule has 0 heterocycles. The molecule has 0 saturated carbocycles. The molecular weight excluding hydrogens is 213 g/mol. The van der Waals surface area contributed by atoms with Crippen molar-refractivity contribution in [1.29, 1.82) is 0 Å². The van der Waals surface area contributed by atoms with E-state index in [9.17, 15) is 4.39 Å². The standard InChI is InChI=1S/C12H17ClFN/c1-9(2)4-3-7-15-10-5-6-12(14)11(13)8-10/h5-6,8-9,15H,3-4,7H2,1-2H3. The van der Waals surface area contributed by atoms with E-state index in [2.05, 4.69) is 19.2 Å². The molecule has 0 aliphatic heterocycles. The van der Waals surface area contributed by atoms with Gasteiger partial charge in [-0.2, -0.15) is 0 Å². The van der Waals surface area contributed by atoms with E-state index in [4.69, 9.17) is 11.6 Å². The van der Waals surface area contributed by atoms with E-state index in [1.165, 1.54) is 12.5 Å². The summed E-state index contributed by atoms with van der Waals surface area (Å²) in [5.74, 6) is 0.355. The van der Waals surface area contributed by atoms with E-state index >= 15 is 0 Å². The maximum atomic E-state index is 12.8. The molecule has 0 amide bonds. The molecule has 84 valence electrons. The van der Waals surface area contributed by atoms with Crippen molar-refractivity contribution in [2.24, 2.45) is 5.92 Å². The normalized spacial score (nSPS) is 10.7. The molecule has 1 N–H and O–H groups in total. The average Bonchev–Trinajstić information content (AvgIpc) is 2.18. The molecule has 0 unspecified atom stereocenters. The first kappa shape index (κ1) is 12.3. The van der Waals surface area contributed by atoms with E-state index < -0.39 is 0 Å². The van der Waals surface area contributed by atoms with Crippen LogP contribution in [0.1, 0.15) is 26.7 Å². The van der Waals surface area contributed by atoms with Crippen molar-refractivity contribution in [2.45, 2.75) is 26.7 Å². The lowest BCUT2D eigenvalue weighted by atomic mass is 10.1. The number of hydrogen-bond donors (Lipinski definition) is 1. The van der Waals surface area contributed by atoms with Crippen molar-refractivity contribution >= 4 is 17.3 Å². The average molecular weight is 230 g/mol. The molecule has 0 saturated heterocycles. The van der Waals surface area contributed by atoms with Gasteiger partial charge < -0.3 is 5.32 Å². The summed E-state index contributed by atoms with van der Waals surface area (Å²) in [7, 11) is 0. The highest BCUT2D eigenvalue weighted by Crippen LogP contribution is 2.19. The first-order valence-corrected chi connectivity index (χ1v) is 5.66. The highest BCUT2D eigenvalue weighted by molar-refractivity contribution is 6.31. The molecule has 1 nitrogen and oxygen atoms in total. The SMILES string of the molecule is CC(C)CCCNc1ccc(F)c(Cl)c1. The summed E-state index contributed by atoms with van der Waals surface area (Å²) in [4.78, 5) is 0. The molecular formula is C12H17ClFN. The minimum atomic E-state index is -0.371. The molecule has 3 heteroatoms. The van der Waals surface area contributed by atoms with Crippen LogP contribution in [-0.4, -0.2) is 6.54 Å². The van der Waals surface area contributed by atoms with Crippen LogP contribution in [0.3, 0.4) is 0 Å². The first-order chi connectivity index (χ1) is 7.09. The van der Waals surface area contributed by atoms with Crippen LogP contribution < -0.4 is 5.32 Å². The van der Waals surface area contributed by atoms with Gasteiger partial charge in [-0.05, 0) is 37.0 Å². The zero-order valence-electron chi connectivity index (χ0n) is 9.19. The summed E-state index contributed by atoms with van der Waals surface area (Å²) in [5, 5.41) is 3.39. The highest BCUT2D eigenvalue weighted by atomic mass is 35.5. The van der Waals surface area contributed by atoms with Crippen LogP contribution in [0.2, 0.25) is 5.02 Å². The van der Waals surface area contributed by atoms with Gasteiger partial charge in [0.25, 0.3) is 0 Å². The fourth-order valence-corrected chi connectivity index (χ4v) is 1.53. The molecule has 0 aromatic heterocycles. The maximum absolute atomic E-state index is 12.8. The van der Waals surface area contributed by atoms with Crippen molar-refractivity contribution in [3.63, 3.8) is 0 Å². The van der Waals surface area contributed by atoms with Gasteiger partial charge in [-0.15, -0.1) is 0 Å². The lowest BCUT2D eigenvalue weighted by molar-refractivity contribution is 0.567. The Bertz CT molecular complexity index is 312. The second-order valence-corrected chi connectivity index (χ2v) is 4.50. The van der Waals surface area contributed by atoms with Gasteiger partial charge in [0.2, 0.25) is 0 Å². The monoisotopic (exact) mass is 229 g/mol. The molecule has 0 spiro atoms. The van der Waals surface area contributed by atoms with Crippen molar-refractivity contribution in [1.82, 2.24) is 0 Å². The van der Waals surface area contributed by atoms with Gasteiger partial charge in [-0.3, -0.25) is 0 Å². The molecule has 15 heavy (non-hydrogen) atoms. The third-order valence-corrected chi connectivity index (χ3v) is 2.50. The van der Waals surface area contributed by atoms with Crippen LogP contribution in [0.5, 0.6) is 0 Å². The second-order valence-electron chi connectivity index (χ2n) is 4.09.